The SMILES string of the molecule is COC(=O)c1ccc(CN(C)[C@H]2C[C@H]3CC(=O)N(C)C[C@H]3C2)s1. The van der Waals surface area contributed by atoms with E-state index in [1.165, 1.54) is 23.3 Å². The number of amides is 1. The van der Waals surface area contributed by atoms with Crippen molar-refractivity contribution in [1.82, 2.24) is 9.80 Å². The van der Waals surface area contributed by atoms with Crippen molar-refractivity contribution in [3.8, 4) is 0 Å². The normalized spacial score (nSPS) is 27.4. The van der Waals surface area contributed by atoms with E-state index in [9.17, 15) is 9.59 Å². The minimum absolute atomic E-state index is 0.266. The Morgan fingerprint density at radius 2 is 2.13 bits per heavy atom. The first-order chi connectivity index (χ1) is 11.0. The van der Waals surface area contributed by atoms with Crippen LogP contribution in [0.3, 0.4) is 0 Å². The highest BCUT2D eigenvalue weighted by atomic mass is 32.1. The predicted molar refractivity (Wildman–Crippen MR) is 89.4 cm³/mol. The fourth-order valence-corrected chi connectivity index (χ4v) is 4.88. The number of methoxy groups -OCH3 is 1. The molecule has 126 valence electrons. The molecule has 5 nitrogen and oxygen atoms in total. The summed E-state index contributed by atoms with van der Waals surface area (Å²) in [5.74, 6) is 1.20. The van der Waals surface area contributed by atoms with Crippen molar-refractivity contribution >= 4 is 23.2 Å². The van der Waals surface area contributed by atoms with Gasteiger partial charge in [-0.3, -0.25) is 9.69 Å². The van der Waals surface area contributed by atoms with Gasteiger partial charge in [0.25, 0.3) is 0 Å². The van der Waals surface area contributed by atoms with E-state index in [1.54, 1.807) is 0 Å². The number of nitrogens with zero attached hydrogens (tertiary/aromatic N) is 2. The Labute approximate surface area is 141 Å². The molecule has 1 saturated carbocycles. The maximum atomic E-state index is 11.9. The number of thiophene rings is 1. The second kappa shape index (κ2) is 6.61. The highest BCUT2D eigenvalue weighted by Gasteiger charge is 2.41. The number of rotatable bonds is 4. The Hall–Kier alpha value is -1.40. The van der Waals surface area contributed by atoms with Crippen LogP contribution in [0.5, 0.6) is 0 Å². The van der Waals surface area contributed by atoms with E-state index >= 15 is 0 Å². The fraction of sp³-hybridized carbons (Fsp3) is 0.647. The van der Waals surface area contributed by atoms with E-state index in [0.717, 1.165) is 25.9 Å². The number of esters is 1. The second-order valence-electron chi connectivity index (χ2n) is 6.80. The molecule has 1 aliphatic heterocycles. The van der Waals surface area contributed by atoms with Gasteiger partial charge in [0.1, 0.15) is 4.88 Å². The maximum Gasteiger partial charge on any atom is 0.348 e. The van der Waals surface area contributed by atoms with Gasteiger partial charge in [-0.15, -0.1) is 11.3 Å². The van der Waals surface area contributed by atoms with E-state index in [0.29, 0.717) is 29.2 Å². The summed E-state index contributed by atoms with van der Waals surface area (Å²) in [4.78, 5) is 29.5. The molecule has 0 radical (unpaired) electrons. The Morgan fingerprint density at radius 1 is 1.39 bits per heavy atom. The molecular formula is C17H24N2O3S. The van der Waals surface area contributed by atoms with Crippen molar-refractivity contribution in [3.63, 3.8) is 0 Å². The predicted octanol–water partition coefficient (Wildman–Crippen LogP) is 2.22. The van der Waals surface area contributed by atoms with Crippen LogP contribution in [0.4, 0.5) is 0 Å². The highest BCUT2D eigenvalue weighted by Crippen LogP contribution is 2.40. The number of fused-ring (bicyclic) bond motifs is 1. The standard InChI is InChI=1S/C17H24N2O3S/c1-18(10-14-4-5-15(23-14)17(21)22-3)13-6-11-8-16(20)19(2)9-12(11)7-13/h4-5,11-13H,6-10H2,1-3H3/t11-,12+,13-/m0/s1. The highest BCUT2D eigenvalue weighted by molar-refractivity contribution is 7.13. The lowest BCUT2D eigenvalue weighted by Crippen LogP contribution is -2.39. The lowest BCUT2D eigenvalue weighted by Gasteiger charge is -2.31. The summed E-state index contributed by atoms with van der Waals surface area (Å²) in [6.07, 6.45) is 2.97. The molecule has 1 aromatic rings. The summed E-state index contributed by atoms with van der Waals surface area (Å²) in [7, 11) is 5.47. The second-order valence-corrected chi connectivity index (χ2v) is 7.96. The Balaban J connectivity index is 1.59. The minimum Gasteiger partial charge on any atom is -0.465 e. The van der Waals surface area contributed by atoms with Gasteiger partial charge >= 0.3 is 5.97 Å². The molecule has 23 heavy (non-hydrogen) atoms. The topological polar surface area (TPSA) is 49.9 Å². The maximum absolute atomic E-state index is 11.9. The molecule has 2 heterocycles. The van der Waals surface area contributed by atoms with Crippen molar-refractivity contribution in [2.75, 3.05) is 27.7 Å². The molecular weight excluding hydrogens is 312 g/mol. The summed E-state index contributed by atoms with van der Waals surface area (Å²) in [5, 5.41) is 0. The third-order valence-electron chi connectivity index (χ3n) is 5.26. The van der Waals surface area contributed by atoms with Crippen molar-refractivity contribution < 1.29 is 14.3 Å². The zero-order valence-electron chi connectivity index (χ0n) is 13.9. The van der Waals surface area contributed by atoms with Gasteiger partial charge in [0.15, 0.2) is 0 Å². The van der Waals surface area contributed by atoms with Crippen LogP contribution in [-0.4, -0.2) is 55.5 Å². The zero-order chi connectivity index (χ0) is 16.6. The molecule has 1 amide bonds. The Kier molecular flexibility index (Phi) is 4.73. The number of hydrogen-bond acceptors (Lipinski definition) is 5. The van der Waals surface area contributed by atoms with Crippen molar-refractivity contribution in [3.05, 3.63) is 21.9 Å². The molecule has 3 atom stereocenters. The van der Waals surface area contributed by atoms with Crippen LogP contribution in [0.2, 0.25) is 0 Å². The third-order valence-corrected chi connectivity index (χ3v) is 6.31. The van der Waals surface area contributed by atoms with Crippen LogP contribution in [0.15, 0.2) is 12.1 Å². The molecule has 2 aliphatic rings. The van der Waals surface area contributed by atoms with Gasteiger partial charge in [-0.2, -0.15) is 0 Å². The van der Waals surface area contributed by atoms with E-state index in [4.69, 9.17) is 4.74 Å². The molecule has 1 saturated heterocycles. The number of hydrogen-bond donors (Lipinski definition) is 0. The van der Waals surface area contributed by atoms with Gasteiger partial charge < -0.3 is 9.64 Å². The number of likely N-dealkylation sites (tertiary alicyclic amines) is 1. The summed E-state index contributed by atoms with van der Waals surface area (Å²) >= 11 is 1.50. The molecule has 0 N–H and O–H groups in total. The first kappa shape index (κ1) is 16.5. The lowest BCUT2D eigenvalue weighted by molar-refractivity contribution is -0.134. The van der Waals surface area contributed by atoms with Gasteiger partial charge in [0.05, 0.1) is 7.11 Å². The number of piperidine rings is 1. The molecule has 0 spiro atoms. The summed E-state index contributed by atoms with van der Waals surface area (Å²) in [6.45, 7) is 1.74. The zero-order valence-corrected chi connectivity index (χ0v) is 14.8. The molecule has 1 aromatic heterocycles. The smallest absolute Gasteiger partial charge is 0.348 e. The van der Waals surface area contributed by atoms with Crippen LogP contribution in [0.25, 0.3) is 0 Å². The first-order valence-electron chi connectivity index (χ1n) is 8.09. The summed E-state index contributed by atoms with van der Waals surface area (Å²) < 4.78 is 4.76. The molecule has 0 unspecified atom stereocenters. The van der Waals surface area contributed by atoms with Crippen LogP contribution in [-0.2, 0) is 16.1 Å². The van der Waals surface area contributed by atoms with Crippen LogP contribution >= 0.6 is 11.3 Å². The van der Waals surface area contributed by atoms with Gasteiger partial charge in [-0.25, -0.2) is 4.79 Å². The van der Waals surface area contributed by atoms with Gasteiger partial charge in [-0.1, -0.05) is 0 Å². The average Bonchev–Trinajstić information content (AvgIpc) is 3.14. The Morgan fingerprint density at radius 3 is 2.87 bits per heavy atom. The van der Waals surface area contributed by atoms with Gasteiger partial charge in [0, 0.05) is 37.5 Å². The molecule has 2 fully saturated rings. The van der Waals surface area contributed by atoms with Crippen molar-refractivity contribution in [2.45, 2.75) is 31.8 Å². The van der Waals surface area contributed by atoms with Gasteiger partial charge in [0.2, 0.25) is 5.91 Å². The van der Waals surface area contributed by atoms with Crippen LogP contribution in [0.1, 0.15) is 33.8 Å². The fourth-order valence-electron chi connectivity index (χ4n) is 3.90. The lowest BCUT2D eigenvalue weighted by atomic mass is 9.88. The summed E-state index contributed by atoms with van der Waals surface area (Å²) in [5.41, 5.74) is 0. The van der Waals surface area contributed by atoms with Gasteiger partial charge in [-0.05, 0) is 43.9 Å². The Bertz CT molecular complexity index is 600. The molecule has 0 aromatic carbocycles. The molecule has 0 bridgehead atoms. The number of ether oxygens (including phenoxy) is 1. The van der Waals surface area contributed by atoms with E-state index < -0.39 is 0 Å². The van der Waals surface area contributed by atoms with Crippen molar-refractivity contribution in [1.29, 1.82) is 0 Å². The van der Waals surface area contributed by atoms with Crippen LogP contribution in [0, 0.1) is 11.8 Å². The largest absolute Gasteiger partial charge is 0.465 e. The van der Waals surface area contributed by atoms with Crippen molar-refractivity contribution in [2.24, 2.45) is 11.8 Å². The summed E-state index contributed by atoms with van der Waals surface area (Å²) in [6, 6.07) is 4.36. The molecule has 6 heteroatoms. The third kappa shape index (κ3) is 3.43. The van der Waals surface area contributed by atoms with Crippen LogP contribution < -0.4 is 0 Å². The minimum atomic E-state index is -0.266. The molecule has 1 aliphatic carbocycles. The number of carbonyl (C=O) groups excluding carboxylic acids is 2. The van der Waals surface area contributed by atoms with E-state index in [2.05, 4.69) is 11.9 Å². The quantitative estimate of drug-likeness (QED) is 0.791. The van der Waals surface area contributed by atoms with E-state index in [-0.39, 0.29) is 11.9 Å². The number of carbonyl (C=O) groups is 2. The monoisotopic (exact) mass is 336 g/mol. The van der Waals surface area contributed by atoms with E-state index in [1.807, 2.05) is 24.1 Å². The first-order valence-corrected chi connectivity index (χ1v) is 8.90. The average molecular weight is 336 g/mol. The molecule has 3 rings (SSSR count).